The van der Waals surface area contributed by atoms with Crippen LogP contribution in [-0.2, 0) is 26.8 Å². The van der Waals surface area contributed by atoms with Crippen molar-refractivity contribution in [3.05, 3.63) is 77.4 Å². The van der Waals surface area contributed by atoms with Crippen LogP contribution in [0.15, 0.2) is 70.5 Å². The fourth-order valence-corrected chi connectivity index (χ4v) is 6.64. The Morgan fingerprint density at radius 2 is 1.61 bits per heavy atom. The number of nitrogens with zero attached hydrogens (tertiary/aromatic N) is 3. The number of carbonyl (C=O) groups is 1. The highest BCUT2D eigenvalue weighted by molar-refractivity contribution is 7.91. The van der Waals surface area contributed by atoms with Crippen LogP contribution in [0.3, 0.4) is 0 Å². The largest absolute Gasteiger partial charge is 0.490 e. The summed E-state index contributed by atoms with van der Waals surface area (Å²) in [5.41, 5.74) is -1.59. The van der Waals surface area contributed by atoms with Gasteiger partial charge in [-0.25, -0.2) is 13.2 Å². The maximum atomic E-state index is 13.2. The maximum Gasteiger partial charge on any atom is 0.490 e. The van der Waals surface area contributed by atoms with E-state index in [1.807, 2.05) is 17.0 Å². The molecular formula is C25H25F6N3O5S2. The number of benzene rings is 1. The second kappa shape index (κ2) is 12.3. The molecule has 1 saturated heterocycles. The summed E-state index contributed by atoms with van der Waals surface area (Å²) in [5, 5.41) is 18.8. The van der Waals surface area contributed by atoms with Crippen molar-refractivity contribution in [1.82, 2.24) is 9.29 Å². The van der Waals surface area contributed by atoms with Gasteiger partial charge in [0.05, 0.1) is 0 Å². The second-order valence-electron chi connectivity index (χ2n) is 9.12. The number of aromatic nitrogens is 1. The summed E-state index contributed by atoms with van der Waals surface area (Å²) in [4.78, 5) is 14.9. The van der Waals surface area contributed by atoms with Gasteiger partial charge in [0, 0.05) is 43.8 Å². The van der Waals surface area contributed by atoms with Crippen LogP contribution >= 0.6 is 11.3 Å². The molecule has 2 N–H and O–H groups in total. The van der Waals surface area contributed by atoms with E-state index in [1.54, 1.807) is 42.0 Å². The molecule has 224 valence electrons. The fraction of sp³-hybridized carbons (Fsp3) is 0.360. The monoisotopic (exact) mass is 625 g/mol. The van der Waals surface area contributed by atoms with Crippen LogP contribution in [0.2, 0.25) is 0 Å². The minimum atomic E-state index is -5.08. The zero-order valence-electron chi connectivity index (χ0n) is 21.3. The first kappa shape index (κ1) is 32.3. The highest BCUT2D eigenvalue weighted by atomic mass is 32.2. The molecule has 41 heavy (non-hydrogen) atoms. The Labute approximate surface area is 235 Å². The highest BCUT2D eigenvalue weighted by Gasteiger charge is 2.51. The van der Waals surface area contributed by atoms with E-state index in [1.165, 1.54) is 16.4 Å². The number of pyridine rings is 1. The van der Waals surface area contributed by atoms with Gasteiger partial charge in [0.2, 0.25) is 0 Å². The van der Waals surface area contributed by atoms with Gasteiger partial charge in [0.25, 0.3) is 10.0 Å². The summed E-state index contributed by atoms with van der Waals surface area (Å²) in [7, 11) is -3.64. The molecule has 1 aliphatic rings. The molecule has 0 saturated carbocycles. The standard InChI is InChI=1S/C23H24F3N3O3S2.C2HF3O2/c1-22(30,23(24,25)26)18-4-6-19(7-5-18)29-13-12-28(34(31,32)21-3-2-14-33-21)16-20(29)15-17-8-10-27-11-9-17;3-2(4,5)1(6)7/h2-11,14,20,30H,12-13,15-16H2,1H3;(H,6,7)/t20-,22-;/m0./s1. The number of aliphatic carboxylic acids is 1. The average Bonchev–Trinajstić information content (AvgIpc) is 3.45. The van der Waals surface area contributed by atoms with E-state index >= 15 is 0 Å². The molecule has 3 aromatic rings. The molecule has 3 heterocycles. The van der Waals surface area contributed by atoms with E-state index in [2.05, 4.69) is 4.98 Å². The number of rotatable bonds is 6. The Morgan fingerprint density at radius 3 is 2.10 bits per heavy atom. The smallest absolute Gasteiger partial charge is 0.475 e. The number of carboxylic acids is 1. The first-order chi connectivity index (χ1) is 18.9. The van der Waals surface area contributed by atoms with E-state index in [9.17, 15) is 39.9 Å². The third-order valence-electron chi connectivity index (χ3n) is 6.31. The van der Waals surface area contributed by atoms with Crippen LogP contribution in [-0.4, -0.2) is 71.9 Å². The number of thiophene rings is 1. The minimum absolute atomic E-state index is 0.227. The third-order valence-corrected chi connectivity index (χ3v) is 9.55. The summed E-state index contributed by atoms with van der Waals surface area (Å²) in [5.74, 6) is -2.76. The Balaban J connectivity index is 0.000000587. The van der Waals surface area contributed by atoms with Gasteiger partial charge in [-0.2, -0.15) is 30.6 Å². The van der Waals surface area contributed by atoms with Crippen LogP contribution in [0, 0.1) is 0 Å². The quantitative estimate of drug-likeness (QED) is 0.383. The zero-order valence-corrected chi connectivity index (χ0v) is 22.9. The number of piperazine rings is 1. The van der Waals surface area contributed by atoms with Crippen LogP contribution in [0.25, 0.3) is 0 Å². The maximum absolute atomic E-state index is 13.2. The predicted molar refractivity (Wildman–Crippen MR) is 138 cm³/mol. The van der Waals surface area contributed by atoms with Crippen molar-refractivity contribution in [2.24, 2.45) is 0 Å². The van der Waals surface area contributed by atoms with Gasteiger partial charge in [-0.05, 0) is 60.2 Å². The van der Waals surface area contributed by atoms with E-state index in [-0.39, 0.29) is 28.9 Å². The van der Waals surface area contributed by atoms with Gasteiger partial charge >= 0.3 is 18.3 Å². The molecule has 0 spiro atoms. The van der Waals surface area contributed by atoms with Crippen molar-refractivity contribution in [1.29, 1.82) is 0 Å². The molecule has 16 heteroatoms. The third kappa shape index (κ3) is 7.75. The number of aliphatic hydroxyl groups is 1. The first-order valence-corrected chi connectivity index (χ1v) is 14.2. The fourth-order valence-electron chi connectivity index (χ4n) is 4.03. The number of hydrogen-bond acceptors (Lipinski definition) is 7. The topological polar surface area (TPSA) is 111 Å². The van der Waals surface area contributed by atoms with Crippen LogP contribution in [0.5, 0.6) is 0 Å². The number of hydrogen-bond donors (Lipinski definition) is 2. The summed E-state index contributed by atoms with van der Waals surface area (Å²) in [6.07, 6.45) is -6.03. The molecule has 0 amide bonds. The average molecular weight is 626 g/mol. The number of anilines is 1. The van der Waals surface area contributed by atoms with Gasteiger partial charge in [0.15, 0.2) is 5.60 Å². The van der Waals surface area contributed by atoms with Gasteiger partial charge < -0.3 is 15.1 Å². The lowest BCUT2D eigenvalue weighted by Crippen LogP contribution is -2.55. The molecule has 0 radical (unpaired) electrons. The molecule has 1 fully saturated rings. The van der Waals surface area contributed by atoms with Crippen molar-refractivity contribution < 1.29 is 49.8 Å². The van der Waals surface area contributed by atoms with E-state index in [4.69, 9.17) is 9.90 Å². The zero-order chi connectivity index (χ0) is 30.6. The molecule has 0 unspecified atom stereocenters. The second-order valence-corrected chi connectivity index (χ2v) is 12.2. The molecule has 1 aliphatic heterocycles. The first-order valence-electron chi connectivity index (χ1n) is 11.8. The van der Waals surface area contributed by atoms with Crippen molar-refractivity contribution in [2.45, 2.75) is 41.5 Å². The van der Waals surface area contributed by atoms with E-state index in [0.717, 1.165) is 23.8 Å². The van der Waals surface area contributed by atoms with Crippen molar-refractivity contribution >= 4 is 33.0 Å². The molecule has 4 rings (SSSR count). The van der Waals surface area contributed by atoms with E-state index in [0.29, 0.717) is 18.7 Å². The molecule has 2 atom stereocenters. The van der Waals surface area contributed by atoms with Crippen molar-refractivity contribution in [3.8, 4) is 0 Å². The Hall–Kier alpha value is -3.21. The molecule has 0 aliphatic carbocycles. The lowest BCUT2D eigenvalue weighted by Gasteiger charge is -2.42. The van der Waals surface area contributed by atoms with Gasteiger partial charge in [0.1, 0.15) is 4.21 Å². The van der Waals surface area contributed by atoms with Gasteiger partial charge in [-0.1, -0.05) is 18.2 Å². The van der Waals surface area contributed by atoms with E-state index < -0.39 is 33.9 Å². The lowest BCUT2D eigenvalue weighted by atomic mass is 9.94. The molecule has 1 aromatic carbocycles. The summed E-state index contributed by atoms with van der Waals surface area (Å²) in [6, 6.07) is 12.3. The summed E-state index contributed by atoms with van der Waals surface area (Å²) >= 11 is 1.16. The summed E-state index contributed by atoms with van der Waals surface area (Å²) < 4.78 is 99.4. The Kier molecular flexibility index (Phi) is 9.73. The molecule has 8 nitrogen and oxygen atoms in total. The number of sulfonamides is 1. The Morgan fingerprint density at radius 1 is 1.02 bits per heavy atom. The van der Waals surface area contributed by atoms with Crippen molar-refractivity contribution in [2.75, 3.05) is 24.5 Å². The van der Waals surface area contributed by atoms with Gasteiger partial charge in [-0.3, -0.25) is 4.98 Å². The highest BCUT2D eigenvalue weighted by Crippen LogP contribution is 2.39. The molecular weight excluding hydrogens is 600 g/mol. The Bertz CT molecular complexity index is 1400. The normalized spacial score (nSPS) is 18.2. The minimum Gasteiger partial charge on any atom is -0.475 e. The lowest BCUT2D eigenvalue weighted by molar-refractivity contribution is -0.258. The van der Waals surface area contributed by atoms with Gasteiger partial charge in [-0.15, -0.1) is 11.3 Å². The van der Waals surface area contributed by atoms with Crippen LogP contribution in [0.1, 0.15) is 18.1 Å². The van der Waals surface area contributed by atoms with Crippen LogP contribution in [0.4, 0.5) is 32.0 Å². The van der Waals surface area contributed by atoms with Crippen LogP contribution < -0.4 is 4.90 Å². The van der Waals surface area contributed by atoms with Crippen molar-refractivity contribution in [3.63, 3.8) is 0 Å². The number of halogens is 6. The predicted octanol–water partition coefficient (Wildman–Crippen LogP) is 4.67. The summed E-state index contributed by atoms with van der Waals surface area (Å²) in [6.45, 7) is 1.57. The number of carboxylic acid groups (broad SMARTS) is 1. The molecule has 0 bridgehead atoms. The SMILES string of the molecule is C[C@](O)(c1ccc(N2CCN(S(=O)(=O)c3cccs3)C[C@@H]2Cc2ccncc2)cc1)C(F)(F)F.O=C(O)C(F)(F)F. The molecule has 2 aromatic heterocycles. The number of alkyl halides is 6.